The van der Waals surface area contributed by atoms with E-state index in [1.807, 2.05) is 11.8 Å². The Morgan fingerprint density at radius 1 is 1.43 bits per heavy atom. The molecule has 0 radical (unpaired) electrons. The predicted molar refractivity (Wildman–Crippen MR) is 89.2 cm³/mol. The predicted octanol–water partition coefficient (Wildman–Crippen LogP) is 2.16. The number of hydrogen-bond acceptors (Lipinski definition) is 5. The second kappa shape index (κ2) is 9.02. The third-order valence-corrected chi connectivity index (χ3v) is 4.24. The zero-order valence-electron chi connectivity index (χ0n) is 12.2. The molecule has 5 nitrogen and oxygen atoms in total. The van der Waals surface area contributed by atoms with Crippen LogP contribution in [-0.2, 0) is 4.79 Å². The number of carbonyl (C=O) groups excluding carboxylic acids is 1. The molecule has 0 aliphatic carbocycles. The second-order valence-corrected chi connectivity index (χ2v) is 5.69. The van der Waals surface area contributed by atoms with Crippen molar-refractivity contribution in [1.82, 2.24) is 5.32 Å². The van der Waals surface area contributed by atoms with Gasteiger partial charge in [0.1, 0.15) is 11.5 Å². The number of anilines is 1. The SMILES string of the molecule is COc1ccc(NC(=O)CC2CSCCN2)c(OC)c1.Cl. The molecule has 1 aromatic carbocycles. The van der Waals surface area contributed by atoms with Crippen LogP contribution >= 0.6 is 24.2 Å². The maximum atomic E-state index is 12.1. The van der Waals surface area contributed by atoms with Crippen molar-refractivity contribution in [3.8, 4) is 11.5 Å². The molecule has 1 aromatic rings. The first-order valence-corrected chi connectivity index (χ1v) is 7.71. The molecule has 118 valence electrons. The number of carbonyl (C=O) groups is 1. The van der Waals surface area contributed by atoms with Crippen LogP contribution in [0.3, 0.4) is 0 Å². The largest absolute Gasteiger partial charge is 0.497 e. The minimum atomic E-state index is -0.00605. The number of benzene rings is 1. The normalized spacial score (nSPS) is 17.5. The first kappa shape index (κ1) is 17.9. The maximum absolute atomic E-state index is 12.1. The van der Waals surface area contributed by atoms with E-state index in [0.29, 0.717) is 23.6 Å². The van der Waals surface area contributed by atoms with Gasteiger partial charge in [-0.2, -0.15) is 11.8 Å². The quantitative estimate of drug-likeness (QED) is 0.865. The molecule has 1 heterocycles. The number of ether oxygens (including phenoxy) is 2. The Morgan fingerprint density at radius 2 is 2.24 bits per heavy atom. The van der Waals surface area contributed by atoms with E-state index < -0.39 is 0 Å². The summed E-state index contributed by atoms with van der Waals surface area (Å²) >= 11 is 1.88. The van der Waals surface area contributed by atoms with E-state index in [4.69, 9.17) is 9.47 Å². The molecular weight excluding hydrogens is 312 g/mol. The van der Waals surface area contributed by atoms with Gasteiger partial charge in [0.2, 0.25) is 5.91 Å². The molecule has 1 amide bonds. The molecule has 21 heavy (non-hydrogen) atoms. The lowest BCUT2D eigenvalue weighted by Gasteiger charge is -2.22. The molecule has 2 N–H and O–H groups in total. The highest BCUT2D eigenvalue weighted by atomic mass is 35.5. The molecule has 0 aromatic heterocycles. The van der Waals surface area contributed by atoms with Crippen molar-refractivity contribution < 1.29 is 14.3 Å². The molecule has 1 atom stereocenters. The molecule has 0 bridgehead atoms. The summed E-state index contributed by atoms with van der Waals surface area (Å²) in [7, 11) is 3.17. The van der Waals surface area contributed by atoms with E-state index in [1.165, 1.54) is 0 Å². The molecule has 7 heteroatoms. The smallest absolute Gasteiger partial charge is 0.226 e. The van der Waals surface area contributed by atoms with Crippen molar-refractivity contribution in [1.29, 1.82) is 0 Å². The molecular formula is C14H21ClN2O3S. The van der Waals surface area contributed by atoms with Crippen molar-refractivity contribution in [2.24, 2.45) is 0 Å². The minimum Gasteiger partial charge on any atom is -0.497 e. The monoisotopic (exact) mass is 332 g/mol. The lowest BCUT2D eigenvalue weighted by atomic mass is 10.2. The first-order chi connectivity index (χ1) is 9.72. The Bertz CT molecular complexity index is 468. The second-order valence-electron chi connectivity index (χ2n) is 4.54. The summed E-state index contributed by atoms with van der Waals surface area (Å²) in [5.74, 6) is 3.39. The van der Waals surface area contributed by atoms with Gasteiger partial charge in [0.25, 0.3) is 0 Å². The van der Waals surface area contributed by atoms with Gasteiger partial charge >= 0.3 is 0 Å². The highest BCUT2D eigenvalue weighted by Gasteiger charge is 2.17. The van der Waals surface area contributed by atoms with Crippen LogP contribution < -0.4 is 20.1 Å². The summed E-state index contributed by atoms with van der Waals surface area (Å²) in [6.45, 7) is 0.967. The van der Waals surface area contributed by atoms with Crippen LogP contribution in [-0.4, -0.2) is 44.2 Å². The van der Waals surface area contributed by atoms with Gasteiger partial charge in [-0.1, -0.05) is 0 Å². The van der Waals surface area contributed by atoms with Crippen molar-refractivity contribution in [3.05, 3.63) is 18.2 Å². The number of halogens is 1. The van der Waals surface area contributed by atoms with Crippen molar-refractivity contribution in [3.63, 3.8) is 0 Å². The number of thioether (sulfide) groups is 1. The fraction of sp³-hybridized carbons (Fsp3) is 0.500. The standard InChI is InChI=1S/C14H20N2O3S.ClH/c1-18-11-3-4-12(13(8-11)19-2)16-14(17)7-10-9-20-6-5-15-10;/h3-4,8,10,15H,5-7,9H2,1-2H3,(H,16,17);1H. The summed E-state index contributed by atoms with van der Waals surface area (Å²) in [4.78, 5) is 12.1. The summed E-state index contributed by atoms with van der Waals surface area (Å²) < 4.78 is 10.4. The van der Waals surface area contributed by atoms with E-state index in [0.717, 1.165) is 18.1 Å². The third-order valence-electron chi connectivity index (χ3n) is 3.11. The Hall–Kier alpha value is -1.11. The zero-order valence-corrected chi connectivity index (χ0v) is 13.8. The van der Waals surface area contributed by atoms with Crippen molar-refractivity contribution in [2.45, 2.75) is 12.5 Å². The molecule has 1 aliphatic rings. The number of rotatable bonds is 5. The van der Waals surface area contributed by atoms with Gasteiger partial charge in [-0.3, -0.25) is 4.79 Å². The molecule has 1 fully saturated rings. The fourth-order valence-electron chi connectivity index (χ4n) is 2.08. The summed E-state index contributed by atoms with van der Waals surface area (Å²) in [6.07, 6.45) is 0.474. The average Bonchev–Trinajstić information content (AvgIpc) is 2.48. The molecule has 0 spiro atoms. The van der Waals surface area contributed by atoms with Crippen LogP contribution in [0, 0.1) is 0 Å². The lowest BCUT2D eigenvalue weighted by molar-refractivity contribution is -0.116. The highest BCUT2D eigenvalue weighted by Crippen LogP contribution is 2.29. The maximum Gasteiger partial charge on any atom is 0.226 e. The molecule has 1 unspecified atom stereocenters. The van der Waals surface area contributed by atoms with Gasteiger partial charge in [-0.05, 0) is 12.1 Å². The van der Waals surface area contributed by atoms with Gasteiger partial charge in [0.15, 0.2) is 0 Å². The lowest BCUT2D eigenvalue weighted by Crippen LogP contribution is -2.39. The topological polar surface area (TPSA) is 59.6 Å². The van der Waals surface area contributed by atoms with E-state index in [2.05, 4.69) is 10.6 Å². The Balaban J connectivity index is 0.00000220. The number of hydrogen-bond donors (Lipinski definition) is 2. The van der Waals surface area contributed by atoms with Gasteiger partial charge in [-0.25, -0.2) is 0 Å². The number of methoxy groups -OCH3 is 2. The molecule has 1 aliphatic heterocycles. The van der Waals surface area contributed by atoms with E-state index in [1.54, 1.807) is 32.4 Å². The van der Waals surface area contributed by atoms with Crippen LogP contribution in [0.1, 0.15) is 6.42 Å². The van der Waals surface area contributed by atoms with Crippen LogP contribution in [0.15, 0.2) is 18.2 Å². The Morgan fingerprint density at radius 3 is 2.86 bits per heavy atom. The van der Waals surface area contributed by atoms with Gasteiger partial charge in [-0.15, -0.1) is 12.4 Å². The van der Waals surface area contributed by atoms with Crippen LogP contribution in [0.2, 0.25) is 0 Å². The fourth-order valence-corrected chi connectivity index (χ4v) is 3.03. The Kier molecular flexibility index (Phi) is 7.71. The van der Waals surface area contributed by atoms with Gasteiger partial charge in [0.05, 0.1) is 19.9 Å². The molecule has 1 saturated heterocycles. The van der Waals surface area contributed by atoms with Crippen LogP contribution in [0.25, 0.3) is 0 Å². The van der Waals surface area contributed by atoms with Crippen LogP contribution in [0.4, 0.5) is 5.69 Å². The summed E-state index contributed by atoms with van der Waals surface area (Å²) in [6, 6.07) is 5.59. The zero-order chi connectivity index (χ0) is 14.4. The highest BCUT2D eigenvalue weighted by molar-refractivity contribution is 7.99. The summed E-state index contributed by atoms with van der Waals surface area (Å²) in [5, 5.41) is 6.24. The molecule has 0 saturated carbocycles. The minimum absolute atomic E-state index is 0. The Labute approximate surface area is 135 Å². The van der Waals surface area contributed by atoms with E-state index in [9.17, 15) is 4.79 Å². The van der Waals surface area contributed by atoms with Gasteiger partial charge < -0.3 is 20.1 Å². The number of nitrogens with one attached hydrogen (secondary N) is 2. The van der Waals surface area contributed by atoms with Crippen LogP contribution in [0.5, 0.6) is 11.5 Å². The molecule has 2 rings (SSSR count). The van der Waals surface area contributed by atoms with E-state index in [-0.39, 0.29) is 24.4 Å². The van der Waals surface area contributed by atoms with Gasteiger partial charge in [0, 0.05) is 36.6 Å². The van der Waals surface area contributed by atoms with Crippen molar-refractivity contribution in [2.75, 3.05) is 37.6 Å². The first-order valence-electron chi connectivity index (χ1n) is 6.56. The van der Waals surface area contributed by atoms with Crippen molar-refractivity contribution >= 4 is 35.8 Å². The van der Waals surface area contributed by atoms with E-state index >= 15 is 0 Å². The average molecular weight is 333 g/mol. The summed E-state index contributed by atoms with van der Waals surface area (Å²) in [5.41, 5.74) is 0.668. The number of amides is 1. The third kappa shape index (κ3) is 5.30.